The predicted octanol–water partition coefficient (Wildman–Crippen LogP) is 3.55. The number of aliphatic hydroxyl groups is 1. The first-order valence-corrected chi connectivity index (χ1v) is 6.63. The topological polar surface area (TPSA) is 20.2 Å². The Bertz CT molecular complexity index is 303. The van der Waals surface area contributed by atoms with Crippen LogP contribution in [0.5, 0.6) is 0 Å². The molecule has 0 aliphatic heterocycles. The molecule has 0 bridgehead atoms. The summed E-state index contributed by atoms with van der Waals surface area (Å²) < 4.78 is 0. The largest absolute Gasteiger partial charge is 0.392 e. The van der Waals surface area contributed by atoms with Crippen molar-refractivity contribution in [3.05, 3.63) is 23.8 Å². The fourth-order valence-electron chi connectivity index (χ4n) is 3.43. The zero-order chi connectivity index (χ0) is 11.7. The van der Waals surface area contributed by atoms with E-state index in [1.807, 2.05) is 0 Å². The van der Waals surface area contributed by atoms with Crippen LogP contribution in [0, 0.1) is 23.7 Å². The van der Waals surface area contributed by atoms with Gasteiger partial charge in [-0.1, -0.05) is 32.1 Å². The van der Waals surface area contributed by atoms with Crippen LogP contribution < -0.4 is 0 Å². The van der Waals surface area contributed by atoms with Gasteiger partial charge in [0.15, 0.2) is 0 Å². The third kappa shape index (κ3) is 2.10. The first-order chi connectivity index (χ1) is 7.63. The maximum atomic E-state index is 9.22. The number of rotatable bonds is 2. The molecule has 1 saturated carbocycles. The molecule has 0 heterocycles. The number of aliphatic hydroxyl groups excluding tert-OH is 1. The van der Waals surface area contributed by atoms with E-state index in [-0.39, 0.29) is 6.61 Å². The van der Waals surface area contributed by atoms with Crippen molar-refractivity contribution >= 4 is 0 Å². The van der Waals surface area contributed by atoms with Crippen LogP contribution in [-0.4, -0.2) is 11.7 Å². The fraction of sp³-hybridized carbons (Fsp3) is 0.733. The maximum absolute atomic E-state index is 9.22. The second-order valence-electron chi connectivity index (χ2n) is 5.73. The number of hydrogen-bond acceptors (Lipinski definition) is 1. The lowest BCUT2D eigenvalue weighted by molar-refractivity contribution is 0.314. The van der Waals surface area contributed by atoms with Gasteiger partial charge in [-0.05, 0) is 54.9 Å². The van der Waals surface area contributed by atoms with Crippen molar-refractivity contribution in [2.45, 2.75) is 39.5 Å². The van der Waals surface area contributed by atoms with Gasteiger partial charge in [0.25, 0.3) is 0 Å². The third-order valence-electron chi connectivity index (χ3n) is 4.65. The van der Waals surface area contributed by atoms with Crippen LogP contribution in [0.25, 0.3) is 0 Å². The zero-order valence-corrected chi connectivity index (χ0v) is 10.6. The Morgan fingerprint density at radius 2 is 2.06 bits per heavy atom. The molecule has 0 aromatic heterocycles. The van der Waals surface area contributed by atoms with Gasteiger partial charge >= 0.3 is 0 Å². The molecule has 1 N–H and O–H groups in total. The molecule has 1 heteroatoms. The zero-order valence-electron chi connectivity index (χ0n) is 10.6. The summed E-state index contributed by atoms with van der Waals surface area (Å²) in [5.41, 5.74) is 2.66. The minimum absolute atomic E-state index is 0.141. The molecule has 0 amide bonds. The quantitative estimate of drug-likeness (QED) is 0.706. The average molecular weight is 220 g/mol. The van der Waals surface area contributed by atoms with Crippen LogP contribution in [0.2, 0.25) is 0 Å². The molecule has 0 aromatic carbocycles. The molecular weight excluding hydrogens is 196 g/mol. The van der Waals surface area contributed by atoms with Crippen LogP contribution >= 0.6 is 0 Å². The molecule has 1 nitrogen and oxygen atoms in total. The van der Waals surface area contributed by atoms with E-state index in [9.17, 15) is 5.11 Å². The van der Waals surface area contributed by atoms with Gasteiger partial charge in [0.05, 0.1) is 6.61 Å². The van der Waals surface area contributed by atoms with Gasteiger partial charge in [0.1, 0.15) is 0 Å². The molecule has 0 unspecified atom stereocenters. The Labute approximate surface area is 99.3 Å². The molecule has 2 aliphatic rings. The SMILES string of the molecule is C=C(CO)[C@H]1C=C2[C@H](C)CC[C@@H]2[C@H](C)CC1. The Hall–Kier alpha value is -0.560. The number of fused-ring (bicyclic) bond motifs is 1. The molecule has 2 aliphatic carbocycles. The summed E-state index contributed by atoms with van der Waals surface area (Å²) in [5, 5.41) is 9.22. The Morgan fingerprint density at radius 1 is 1.31 bits per heavy atom. The molecular formula is C15H24O. The number of hydrogen-bond donors (Lipinski definition) is 1. The van der Waals surface area contributed by atoms with E-state index in [4.69, 9.17) is 0 Å². The molecule has 4 atom stereocenters. The lowest BCUT2D eigenvalue weighted by atomic mass is 9.87. The van der Waals surface area contributed by atoms with E-state index in [0.717, 1.165) is 23.3 Å². The van der Waals surface area contributed by atoms with Gasteiger partial charge < -0.3 is 5.11 Å². The normalized spacial score (nSPS) is 38.8. The molecule has 2 rings (SSSR count). The highest BCUT2D eigenvalue weighted by molar-refractivity contribution is 5.23. The summed E-state index contributed by atoms with van der Waals surface area (Å²) in [6.45, 7) is 8.89. The second kappa shape index (κ2) is 4.75. The summed E-state index contributed by atoms with van der Waals surface area (Å²) in [7, 11) is 0. The van der Waals surface area contributed by atoms with Crippen molar-refractivity contribution in [3.63, 3.8) is 0 Å². The molecule has 0 aromatic rings. The fourth-order valence-corrected chi connectivity index (χ4v) is 3.43. The second-order valence-corrected chi connectivity index (χ2v) is 5.73. The van der Waals surface area contributed by atoms with Crippen LogP contribution in [-0.2, 0) is 0 Å². The summed E-state index contributed by atoms with van der Waals surface area (Å²) >= 11 is 0. The summed E-state index contributed by atoms with van der Waals surface area (Å²) in [5.74, 6) is 2.80. The first-order valence-electron chi connectivity index (χ1n) is 6.63. The van der Waals surface area contributed by atoms with Crippen LogP contribution in [0.15, 0.2) is 23.8 Å². The van der Waals surface area contributed by atoms with Crippen LogP contribution in [0.1, 0.15) is 39.5 Å². The molecule has 90 valence electrons. The monoisotopic (exact) mass is 220 g/mol. The third-order valence-corrected chi connectivity index (χ3v) is 4.65. The van der Waals surface area contributed by atoms with Gasteiger partial charge in [-0.3, -0.25) is 0 Å². The van der Waals surface area contributed by atoms with Crippen molar-refractivity contribution in [1.29, 1.82) is 0 Å². The first kappa shape index (κ1) is 11.9. The van der Waals surface area contributed by atoms with Gasteiger partial charge in [-0.15, -0.1) is 0 Å². The summed E-state index contributed by atoms with van der Waals surface area (Å²) in [6, 6.07) is 0. The molecule has 16 heavy (non-hydrogen) atoms. The Balaban J connectivity index is 2.24. The van der Waals surface area contributed by atoms with Crippen molar-refractivity contribution < 1.29 is 5.11 Å². The van der Waals surface area contributed by atoms with E-state index in [1.54, 1.807) is 5.57 Å². The average Bonchev–Trinajstić information content (AvgIpc) is 2.55. The van der Waals surface area contributed by atoms with Crippen LogP contribution in [0.4, 0.5) is 0 Å². The maximum Gasteiger partial charge on any atom is 0.0644 e. The molecule has 0 radical (unpaired) electrons. The van der Waals surface area contributed by atoms with E-state index in [0.29, 0.717) is 5.92 Å². The van der Waals surface area contributed by atoms with Crippen molar-refractivity contribution in [2.75, 3.05) is 6.61 Å². The minimum atomic E-state index is 0.141. The predicted molar refractivity (Wildman–Crippen MR) is 68.1 cm³/mol. The molecule has 1 fully saturated rings. The van der Waals surface area contributed by atoms with Crippen molar-refractivity contribution in [2.24, 2.45) is 23.7 Å². The highest BCUT2D eigenvalue weighted by Gasteiger charge is 2.34. The van der Waals surface area contributed by atoms with E-state index >= 15 is 0 Å². The van der Waals surface area contributed by atoms with Gasteiger partial charge in [0.2, 0.25) is 0 Å². The smallest absolute Gasteiger partial charge is 0.0644 e. The number of allylic oxidation sites excluding steroid dienone is 2. The minimum Gasteiger partial charge on any atom is -0.392 e. The highest BCUT2D eigenvalue weighted by Crippen LogP contribution is 2.45. The van der Waals surface area contributed by atoms with Crippen molar-refractivity contribution in [1.82, 2.24) is 0 Å². The summed E-state index contributed by atoms with van der Waals surface area (Å²) in [4.78, 5) is 0. The Morgan fingerprint density at radius 3 is 2.75 bits per heavy atom. The lowest BCUT2D eigenvalue weighted by Gasteiger charge is -2.18. The van der Waals surface area contributed by atoms with E-state index < -0.39 is 0 Å². The highest BCUT2D eigenvalue weighted by atomic mass is 16.3. The van der Waals surface area contributed by atoms with Gasteiger partial charge in [0, 0.05) is 0 Å². The van der Waals surface area contributed by atoms with E-state index in [1.165, 1.54) is 25.7 Å². The Kier molecular flexibility index (Phi) is 3.53. The van der Waals surface area contributed by atoms with Gasteiger partial charge in [-0.2, -0.15) is 0 Å². The summed E-state index contributed by atoms with van der Waals surface area (Å²) in [6.07, 6.45) is 7.60. The van der Waals surface area contributed by atoms with Crippen molar-refractivity contribution in [3.8, 4) is 0 Å². The lowest BCUT2D eigenvalue weighted by Crippen LogP contribution is -2.09. The van der Waals surface area contributed by atoms with Gasteiger partial charge in [-0.25, -0.2) is 0 Å². The molecule has 0 spiro atoms. The van der Waals surface area contributed by atoms with E-state index in [2.05, 4.69) is 26.5 Å². The standard InChI is InChI=1S/C15H24O/c1-10-4-6-13(12(3)9-16)8-15-11(2)5-7-14(10)15/h8,10-11,13-14,16H,3-7,9H2,1-2H3/t10-,11-,13-,14-/m1/s1. The molecule has 0 saturated heterocycles. The van der Waals surface area contributed by atoms with Crippen LogP contribution in [0.3, 0.4) is 0 Å².